The number of hydrogen-bond acceptors (Lipinski definition) is 4. The summed E-state index contributed by atoms with van der Waals surface area (Å²) in [6.45, 7) is 3.00. The highest BCUT2D eigenvalue weighted by Gasteiger charge is 2.44. The van der Waals surface area contributed by atoms with Crippen LogP contribution in [-0.4, -0.2) is 53.8 Å². The Balaban J connectivity index is 1.32. The molecule has 0 bridgehead atoms. The molecule has 5 rings (SSSR count). The Morgan fingerprint density at radius 1 is 0.735 bits per heavy atom. The summed E-state index contributed by atoms with van der Waals surface area (Å²) < 4.78 is 0. The minimum Gasteiger partial charge on any atom is -0.290 e. The first kappa shape index (κ1) is 23.1. The van der Waals surface area contributed by atoms with Gasteiger partial charge in [-0.25, -0.2) is 4.90 Å². The predicted octanol–water partition coefficient (Wildman–Crippen LogP) is 5.03. The number of hydrogen-bond donors (Lipinski definition) is 0. The molecule has 1 unspecified atom stereocenters. The molecule has 5 nitrogen and oxygen atoms in total. The van der Waals surface area contributed by atoms with Gasteiger partial charge in [-0.3, -0.25) is 19.4 Å². The van der Waals surface area contributed by atoms with Crippen molar-refractivity contribution in [1.82, 2.24) is 9.80 Å². The molecule has 0 aromatic heterocycles. The first-order valence-corrected chi connectivity index (χ1v) is 12.2. The van der Waals surface area contributed by atoms with E-state index >= 15 is 0 Å². The second-order valence-electron chi connectivity index (χ2n) is 8.66. The fourth-order valence-corrected chi connectivity index (χ4v) is 5.39. The normalized spacial score (nSPS) is 19.9. The highest BCUT2D eigenvalue weighted by Crippen LogP contribution is 2.36. The number of nitrogens with zero attached hydrogens (tertiary/aromatic N) is 3. The van der Waals surface area contributed by atoms with Crippen LogP contribution in [0.3, 0.4) is 0 Å². The molecule has 2 fully saturated rings. The predicted molar refractivity (Wildman–Crippen MR) is 135 cm³/mol. The van der Waals surface area contributed by atoms with Gasteiger partial charge in [0.2, 0.25) is 5.91 Å². The Bertz CT molecular complexity index is 1140. The summed E-state index contributed by atoms with van der Waals surface area (Å²) in [5.41, 5.74) is 2.85. The summed E-state index contributed by atoms with van der Waals surface area (Å²) >= 11 is 12.4. The van der Waals surface area contributed by atoms with Gasteiger partial charge in [-0.2, -0.15) is 0 Å². The van der Waals surface area contributed by atoms with Crippen LogP contribution >= 0.6 is 23.2 Å². The van der Waals surface area contributed by atoms with Crippen molar-refractivity contribution in [2.75, 3.05) is 31.1 Å². The van der Waals surface area contributed by atoms with Gasteiger partial charge in [-0.05, 0) is 23.3 Å². The van der Waals surface area contributed by atoms with E-state index in [1.807, 2.05) is 12.1 Å². The summed E-state index contributed by atoms with van der Waals surface area (Å²) in [5, 5.41) is 0.551. The molecule has 2 amide bonds. The van der Waals surface area contributed by atoms with E-state index in [9.17, 15) is 9.59 Å². The van der Waals surface area contributed by atoms with Crippen LogP contribution in [0.4, 0.5) is 5.69 Å². The van der Waals surface area contributed by atoms with E-state index in [1.54, 1.807) is 18.2 Å². The molecule has 0 saturated carbocycles. The quantitative estimate of drug-likeness (QED) is 0.467. The minimum absolute atomic E-state index is 0.146. The van der Waals surface area contributed by atoms with Gasteiger partial charge in [0, 0.05) is 26.2 Å². The fourth-order valence-electron chi connectivity index (χ4n) is 5.01. The number of rotatable bonds is 5. The average molecular weight is 494 g/mol. The molecule has 7 heteroatoms. The van der Waals surface area contributed by atoms with Crippen molar-refractivity contribution in [2.24, 2.45) is 0 Å². The first-order valence-electron chi connectivity index (χ1n) is 11.4. The minimum atomic E-state index is -0.475. The second-order valence-corrected chi connectivity index (χ2v) is 9.44. The van der Waals surface area contributed by atoms with E-state index < -0.39 is 6.04 Å². The summed E-state index contributed by atoms with van der Waals surface area (Å²) in [6, 6.07) is 25.7. The zero-order valence-electron chi connectivity index (χ0n) is 18.6. The molecular formula is C27H25Cl2N3O2. The third-order valence-electron chi connectivity index (χ3n) is 6.68. The zero-order chi connectivity index (χ0) is 23.7. The largest absolute Gasteiger partial charge is 0.290 e. The Morgan fingerprint density at radius 2 is 1.32 bits per heavy atom. The number of piperazine rings is 1. The summed E-state index contributed by atoms with van der Waals surface area (Å²) in [7, 11) is 0. The molecule has 3 aromatic carbocycles. The molecule has 3 aromatic rings. The van der Waals surface area contributed by atoms with Crippen molar-refractivity contribution in [2.45, 2.75) is 18.5 Å². The molecule has 1 atom stereocenters. The Labute approximate surface area is 209 Å². The van der Waals surface area contributed by atoms with Crippen LogP contribution in [-0.2, 0) is 9.59 Å². The van der Waals surface area contributed by atoms with E-state index in [2.05, 4.69) is 58.3 Å². The molecule has 0 aliphatic carbocycles. The second kappa shape index (κ2) is 9.88. The van der Waals surface area contributed by atoms with Crippen LogP contribution < -0.4 is 4.90 Å². The number of anilines is 1. The zero-order valence-corrected chi connectivity index (χ0v) is 20.1. The molecule has 174 valence electrons. The van der Waals surface area contributed by atoms with Crippen molar-refractivity contribution < 1.29 is 9.59 Å². The van der Waals surface area contributed by atoms with Gasteiger partial charge in [0.15, 0.2) is 0 Å². The number of amides is 2. The van der Waals surface area contributed by atoms with Crippen molar-refractivity contribution in [3.63, 3.8) is 0 Å². The number of carbonyl (C=O) groups is 2. The third-order valence-corrected chi connectivity index (χ3v) is 7.49. The third kappa shape index (κ3) is 4.37. The lowest BCUT2D eigenvalue weighted by molar-refractivity contribution is -0.123. The molecule has 2 aliphatic heterocycles. The monoisotopic (exact) mass is 493 g/mol. The van der Waals surface area contributed by atoms with Gasteiger partial charge >= 0.3 is 0 Å². The summed E-state index contributed by atoms with van der Waals surface area (Å²) in [4.78, 5) is 31.9. The summed E-state index contributed by atoms with van der Waals surface area (Å²) in [5.74, 6) is -0.474. The van der Waals surface area contributed by atoms with Crippen molar-refractivity contribution in [1.29, 1.82) is 0 Å². The maximum atomic E-state index is 13.3. The van der Waals surface area contributed by atoms with E-state index in [1.165, 1.54) is 16.0 Å². The molecule has 0 radical (unpaired) electrons. The van der Waals surface area contributed by atoms with Crippen LogP contribution in [0, 0.1) is 0 Å². The van der Waals surface area contributed by atoms with Crippen molar-refractivity contribution >= 4 is 40.7 Å². The topological polar surface area (TPSA) is 43.9 Å². The molecule has 2 aliphatic rings. The van der Waals surface area contributed by atoms with E-state index in [4.69, 9.17) is 23.2 Å². The average Bonchev–Trinajstić information content (AvgIpc) is 3.16. The summed E-state index contributed by atoms with van der Waals surface area (Å²) in [6.07, 6.45) is 0.155. The lowest BCUT2D eigenvalue weighted by Gasteiger charge is -2.41. The van der Waals surface area contributed by atoms with Crippen LogP contribution in [0.25, 0.3) is 0 Å². The molecule has 0 N–H and O–H groups in total. The van der Waals surface area contributed by atoms with Gasteiger partial charge in [-0.15, -0.1) is 0 Å². The van der Waals surface area contributed by atoms with E-state index in [0.717, 1.165) is 13.1 Å². The van der Waals surface area contributed by atoms with Crippen LogP contribution in [0.2, 0.25) is 10.0 Å². The first-order chi connectivity index (χ1) is 16.5. The van der Waals surface area contributed by atoms with Crippen molar-refractivity contribution in [3.8, 4) is 0 Å². The number of imide groups is 1. The number of halogens is 2. The van der Waals surface area contributed by atoms with Gasteiger partial charge < -0.3 is 0 Å². The smallest absolute Gasteiger partial charge is 0.251 e. The molecule has 34 heavy (non-hydrogen) atoms. The molecule has 0 spiro atoms. The maximum absolute atomic E-state index is 13.3. The highest BCUT2D eigenvalue weighted by atomic mass is 35.5. The Kier molecular flexibility index (Phi) is 6.70. The number of benzene rings is 3. The van der Waals surface area contributed by atoms with Crippen molar-refractivity contribution in [3.05, 3.63) is 100 Å². The van der Waals surface area contributed by atoms with E-state index in [0.29, 0.717) is 23.8 Å². The maximum Gasteiger partial charge on any atom is 0.251 e. The number of carbonyl (C=O) groups excluding carboxylic acids is 2. The van der Waals surface area contributed by atoms with Crippen LogP contribution in [0.15, 0.2) is 78.9 Å². The standard InChI is InChI=1S/C27H25Cl2N3O2/c28-21-12-7-13-22(25(21)29)32-24(33)18-23(27(32)34)30-14-16-31(17-15-30)26(19-8-3-1-4-9-19)20-10-5-2-6-11-20/h1-13,23,26H,14-18H2. The molecule has 2 heterocycles. The highest BCUT2D eigenvalue weighted by molar-refractivity contribution is 6.44. The lowest BCUT2D eigenvalue weighted by atomic mass is 9.96. The van der Waals surface area contributed by atoms with Gasteiger partial charge in [-0.1, -0.05) is 89.9 Å². The van der Waals surface area contributed by atoms with Gasteiger partial charge in [0.1, 0.15) is 0 Å². The Hall–Kier alpha value is -2.70. The van der Waals surface area contributed by atoms with Crippen LogP contribution in [0.5, 0.6) is 0 Å². The molecular weight excluding hydrogens is 469 g/mol. The van der Waals surface area contributed by atoms with Crippen LogP contribution in [0.1, 0.15) is 23.6 Å². The van der Waals surface area contributed by atoms with Gasteiger partial charge in [0.05, 0.1) is 34.2 Å². The SMILES string of the molecule is O=C1CC(N2CCN(C(c3ccccc3)c3ccccc3)CC2)C(=O)N1c1cccc(Cl)c1Cl. The molecule has 2 saturated heterocycles. The van der Waals surface area contributed by atoms with E-state index in [-0.39, 0.29) is 29.3 Å². The Morgan fingerprint density at radius 3 is 1.91 bits per heavy atom. The van der Waals surface area contributed by atoms with Gasteiger partial charge in [0.25, 0.3) is 5.91 Å². The lowest BCUT2D eigenvalue weighted by Crippen LogP contribution is -2.53. The fraction of sp³-hybridized carbons (Fsp3) is 0.259.